The lowest BCUT2D eigenvalue weighted by molar-refractivity contribution is -0.0774. The Morgan fingerprint density at radius 2 is 0.897 bits per heavy atom. The predicted octanol–water partition coefficient (Wildman–Crippen LogP) is 0.881. The van der Waals surface area contributed by atoms with Gasteiger partial charge in [0.2, 0.25) is 0 Å². The van der Waals surface area contributed by atoms with Gasteiger partial charge in [-0.05, 0) is 64.7 Å². The van der Waals surface area contributed by atoms with Gasteiger partial charge in [-0.3, -0.25) is 0 Å². The molecule has 3 aliphatic heterocycles. The van der Waals surface area contributed by atoms with E-state index >= 15 is 0 Å². The average molecular weight is 629 g/mol. The Labute approximate surface area is 238 Å². The Hall–Kier alpha value is 0.348. The fourth-order valence-electron chi connectivity index (χ4n) is 5.45. The van der Waals surface area contributed by atoms with Crippen LogP contribution in [-0.2, 0) is 38.9 Å². The zero-order valence-electron chi connectivity index (χ0n) is 24.2. The molecule has 3 rings (SSSR count). The first-order valence-corrected chi connectivity index (χ1v) is 22.2. The van der Waals surface area contributed by atoms with Crippen LogP contribution in [0.25, 0.3) is 0 Å². The molecule has 17 heteroatoms. The number of rotatable bonds is 16. The van der Waals surface area contributed by atoms with Crippen LogP contribution in [0.2, 0.25) is 24.2 Å². The zero-order chi connectivity index (χ0) is 28.6. The van der Waals surface area contributed by atoms with Gasteiger partial charge < -0.3 is 61.8 Å². The maximum Gasteiger partial charge on any atom is 0.493 e. The summed E-state index contributed by atoms with van der Waals surface area (Å²) in [6.07, 6.45) is 2.21. The molecule has 3 saturated heterocycles. The van der Waals surface area contributed by atoms with E-state index < -0.39 is 47.4 Å². The van der Waals surface area contributed by atoms with Crippen molar-refractivity contribution in [3.63, 3.8) is 0 Å². The molecule has 4 bridgehead atoms. The van der Waals surface area contributed by atoms with Crippen LogP contribution >= 0.6 is 0 Å². The van der Waals surface area contributed by atoms with Crippen LogP contribution in [0, 0.1) is 0 Å². The Kier molecular flexibility index (Phi) is 13.2. The van der Waals surface area contributed by atoms with Gasteiger partial charge in [-0.1, -0.05) is 13.8 Å². The summed E-state index contributed by atoms with van der Waals surface area (Å²) in [4.78, 5) is 0. The Morgan fingerprint density at radius 3 is 1.21 bits per heavy atom. The molecule has 8 N–H and O–H groups in total. The first-order chi connectivity index (χ1) is 18.8. The van der Waals surface area contributed by atoms with E-state index in [1.165, 1.54) is 0 Å². The van der Waals surface area contributed by atoms with Gasteiger partial charge in [-0.2, -0.15) is 0 Å². The number of fused-ring (bicyclic) bond motifs is 5. The van der Waals surface area contributed by atoms with E-state index in [2.05, 4.69) is 13.8 Å². The van der Waals surface area contributed by atoms with Crippen molar-refractivity contribution in [2.75, 3.05) is 40.4 Å². The van der Waals surface area contributed by atoms with Gasteiger partial charge >= 0.3 is 35.2 Å². The van der Waals surface area contributed by atoms with Crippen LogP contribution in [-0.4, -0.2) is 100 Å². The molecule has 0 saturated carbocycles. The fraction of sp³-hybridized carbons (Fsp3) is 1.00. The molecule has 0 aromatic rings. The van der Waals surface area contributed by atoms with Crippen LogP contribution in [0.3, 0.4) is 0 Å². The van der Waals surface area contributed by atoms with Crippen molar-refractivity contribution in [1.29, 1.82) is 0 Å². The molecule has 230 valence electrons. The molecule has 0 radical (unpaired) electrons. The molecule has 0 amide bonds. The lowest BCUT2D eigenvalue weighted by Crippen LogP contribution is -2.65. The number of hydrogen-bond acceptors (Lipinski definition) is 13. The van der Waals surface area contributed by atoms with E-state index in [1.807, 2.05) is 0 Å². The third kappa shape index (κ3) is 7.85. The first kappa shape index (κ1) is 33.8. The minimum Gasteiger partial charge on any atom is -0.377 e. The molecule has 5 unspecified atom stereocenters. The quantitative estimate of drug-likeness (QED) is 0.177. The molecule has 0 aliphatic carbocycles. The van der Waals surface area contributed by atoms with Gasteiger partial charge in [-0.25, -0.2) is 0 Å². The van der Waals surface area contributed by atoms with Gasteiger partial charge in [0, 0.05) is 38.4 Å². The van der Waals surface area contributed by atoms with E-state index in [0.717, 1.165) is 0 Å². The van der Waals surface area contributed by atoms with E-state index in [0.29, 0.717) is 88.9 Å². The van der Waals surface area contributed by atoms with Gasteiger partial charge in [-0.15, -0.1) is 0 Å². The van der Waals surface area contributed by atoms with Gasteiger partial charge in [0.15, 0.2) is 0 Å². The van der Waals surface area contributed by atoms with Crippen molar-refractivity contribution in [3.05, 3.63) is 0 Å². The molecule has 0 aromatic heterocycles. The van der Waals surface area contributed by atoms with Gasteiger partial charge in [0.25, 0.3) is 0 Å². The lowest BCUT2D eigenvalue weighted by Gasteiger charge is -2.41. The van der Waals surface area contributed by atoms with Crippen LogP contribution in [0.5, 0.6) is 0 Å². The highest BCUT2D eigenvalue weighted by Gasteiger charge is 2.70. The van der Waals surface area contributed by atoms with E-state index in [-0.39, 0.29) is 12.2 Å². The average Bonchev–Trinajstić information content (AvgIpc) is 3.25. The smallest absolute Gasteiger partial charge is 0.377 e. The third-order valence-corrected chi connectivity index (χ3v) is 22.6. The largest absolute Gasteiger partial charge is 0.493 e. The maximum absolute atomic E-state index is 7.12. The molecular formula is C22H52N4O9Si4. The SMILES string of the molecule is CC[C@@H]1O[Si](CCCN)(OC)O[Si]2(CCCN)OC1[C@@H]1O[Si](CCCN)(O[Si](CCCN)(OC)O[C@@H]1CC)O2. The van der Waals surface area contributed by atoms with Crippen molar-refractivity contribution in [3.8, 4) is 0 Å². The summed E-state index contributed by atoms with van der Waals surface area (Å²) in [5.74, 6) is 0. The normalized spacial score (nSPS) is 40.6. The molecule has 3 heterocycles. The highest BCUT2D eigenvalue weighted by molar-refractivity contribution is 6.84. The topological polar surface area (TPSA) is 187 Å². The van der Waals surface area contributed by atoms with Crippen LogP contribution in [0.4, 0.5) is 0 Å². The van der Waals surface area contributed by atoms with Crippen molar-refractivity contribution >= 4 is 35.2 Å². The summed E-state index contributed by atoms with van der Waals surface area (Å²) in [6.45, 7) is 6.01. The van der Waals surface area contributed by atoms with E-state index in [9.17, 15) is 0 Å². The number of hydrogen-bond donors (Lipinski definition) is 4. The molecular weight excluding hydrogens is 577 g/mol. The summed E-state index contributed by atoms with van der Waals surface area (Å²) in [5.41, 5.74) is 23.8. The minimum atomic E-state index is -3.55. The van der Waals surface area contributed by atoms with Crippen LogP contribution in [0.1, 0.15) is 52.4 Å². The summed E-state index contributed by atoms with van der Waals surface area (Å²) in [7, 11) is -10.4. The molecule has 39 heavy (non-hydrogen) atoms. The highest BCUT2D eigenvalue weighted by atomic mass is 28.5. The van der Waals surface area contributed by atoms with Crippen molar-refractivity contribution in [1.82, 2.24) is 0 Å². The second-order valence-electron chi connectivity index (χ2n) is 10.3. The Balaban J connectivity index is 2.22. The molecule has 0 aromatic carbocycles. The summed E-state index contributed by atoms with van der Waals surface area (Å²) >= 11 is 0. The monoisotopic (exact) mass is 628 g/mol. The lowest BCUT2D eigenvalue weighted by atomic mass is 10.00. The second-order valence-corrected chi connectivity index (χ2v) is 22.0. The van der Waals surface area contributed by atoms with Crippen molar-refractivity contribution in [2.45, 2.75) is 101 Å². The Bertz CT molecular complexity index is 700. The number of nitrogens with two attached hydrogens (primary N) is 4. The van der Waals surface area contributed by atoms with Crippen LogP contribution < -0.4 is 22.9 Å². The molecule has 0 spiro atoms. The minimum absolute atomic E-state index is 0.368. The molecule has 13 nitrogen and oxygen atoms in total. The Morgan fingerprint density at radius 1 is 0.538 bits per heavy atom. The first-order valence-electron chi connectivity index (χ1n) is 14.5. The van der Waals surface area contributed by atoms with Crippen LogP contribution in [0.15, 0.2) is 0 Å². The zero-order valence-corrected chi connectivity index (χ0v) is 28.2. The predicted molar refractivity (Wildman–Crippen MR) is 154 cm³/mol. The van der Waals surface area contributed by atoms with Gasteiger partial charge in [0.05, 0.1) is 12.2 Å². The second kappa shape index (κ2) is 15.2. The molecule has 3 fully saturated rings. The summed E-state index contributed by atoms with van der Waals surface area (Å²) < 4.78 is 60.8. The van der Waals surface area contributed by atoms with E-state index in [1.54, 1.807) is 14.2 Å². The summed E-state index contributed by atoms with van der Waals surface area (Å²) in [6, 6.07) is 2.08. The van der Waals surface area contributed by atoms with E-state index in [4.69, 9.17) is 61.8 Å². The van der Waals surface area contributed by atoms with Gasteiger partial charge in [0.1, 0.15) is 12.2 Å². The molecule has 8 atom stereocenters. The third-order valence-electron chi connectivity index (χ3n) is 7.46. The van der Waals surface area contributed by atoms with Crippen molar-refractivity contribution < 1.29 is 38.9 Å². The summed E-state index contributed by atoms with van der Waals surface area (Å²) in [5, 5.41) is 0. The fourth-order valence-corrected chi connectivity index (χ4v) is 23.0. The highest BCUT2D eigenvalue weighted by Crippen LogP contribution is 2.46. The standard InChI is InChI=1S/C22H52N4O9Si4/c1-5-19-21-22-20(6-2)30-37(28-4,16-8-12-24)34-39(32-22,18-10-14-26)35-38(31-21,17-9-13-25)33-36(27-3,29-19)15-7-11-23/h19-22H,5-18,23-26H2,1-4H3/t19-,20+,21-,22?,36?,37?,38?,39?/m1/s1. The molecule has 3 aliphatic rings. The maximum atomic E-state index is 7.12. The van der Waals surface area contributed by atoms with Crippen molar-refractivity contribution in [2.24, 2.45) is 22.9 Å².